The van der Waals surface area contributed by atoms with Crippen LogP contribution in [0.5, 0.6) is 0 Å². The first-order chi connectivity index (χ1) is 9.81. The first kappa shape index (κ1) is 18.5. The second kappa shape index (κ2) is 8.22. The van der Waals surface area contributed by atoms with E-state index in [1.165, 1.54) is 12.1 Å². The number of rotatable bonds is 8. The fourth-order valence-electron chi connectivity index (χ4n) is 2.05. The van der Waals surface area contributed by atoms with Gasteiger partial charge >= 0.3 is 0 Å². The topological polar surface area (TPSA) is 72.2 Å². The molecule has 0 heterocycles. The average molecular weight is 381 g/mol. The number of unbranched alkanes of at least 4 members (excludes halogenated alkanes) is 2. The number of hydrogen-bond donors (Lipinski definition) is 2. The molecular weight excluding hydrogens is 359 g/mol. The second-order valence-electron chi connectivity index (χ2n) is 5.10. The molecule has 4 nitrogen and oxygen atoms in total. The monoisotopic (exact) mass is 380 g/mol. The van der Waals surface area contributed by atoms with Crippen LogP contribution in [0, 0.1) is 5.82 Å². The molecule has 0 bridgehead atoms. The van der Waals surface area contributed by atoms with E-state index >= 15 is 0 Å². The molecule has 1 aromatic carbocycles. The molecular formula is C14H22BrFN2O2S. The van der Waals surface area contributed by atoms with Crippen molar-refractivity contribution < 1.29 is 12.8 Å². The largest absolute Gasteiger partial charge is 0.326 e. The van der Waals surface area contributed by atoms with E-state index in [-0.39, 0.29) is 23.0 Å². The lowest BCUT2D eigenvalue weighted by Gasteiger charge is -2.15. The van der Waals surface area contributed by atoms with E-state index in [2.05, 4.69) is 27.6 Å². The Hall–Kier alpha value is -0.500. The number of halogens is 2. The van der Waals surface area contributed by atoms with Gasteiger partial charge in [-0.2, -0.15) is 0 Å². The van der Waals surface area contributed by atoms with E-state index in [0.29, 0.717) is 4.47 Å². The van der Waals surface area contributed by atoms with Crippen LogP contribution >= 0.6 is 15.9 Å². The minimum absolute atomic E-state index is 0.0557. The number of hydrogen-bond acceptors (Lipinski definition) is 3. The van der Waals surface area contributed by atoms with Crippen molar-refractivity contribution in [1.29, 1.82) is 0 Å². The first-order valence-corrected chi connectivity index (χ1v) is 9.29. The van der Waals surface area contributed by atoms with Crippen LogP contribution in [0.25, 0.3) is 0 Å². The predicted molar refractivity (Wildman–Crippen MR) is 85.9 cm³/mol. The van der Waals surface area contributed by atoms with Crippen molar-refractivity contribution in [2.45, 2.75) is 57.0 Å². The van der Waals surface area contributed by atoms with E-state index in [4.69, 9.17) is 5.73 Å². The maximum Gasteiger partial charge on any atom is 0.243 e. The van der Waals surface area contributed by atoms with Gasteiger partial charge in [0, 0.05) is 22.6 Å². The van der Waals surface area contributed by atoms with Crippen molar-refractivity contribution in [2.24, 2.45) is 5.73 Å². The van der Waals surface area contributed by atoms with Gasteiger partial charge in [-0.05, 0) is 25.5 Å². The highest BCUT2D eigenvalue weighted by Gasteiger charge is 2.23. The fraction of sp³-hybridized carbons (Fsp3) is 0.571. The second-order valence-corrected chi connectivity index (χ2v) is 7.70. The minimum atomic E-state index is -3.89. The lowest BCUT2D eigenvalue weighted by Crippen LogP contribution is -2.33. The fourth-order valence-corrected chi connectivity index (χ4v) is 4.13. The van der Waals surface area contributed by atoms with Crippen LogP contribution in [0.1, 0.15) is 45.1 Å². The van der Waals surface area contributed by atoms with Crippen LogP contribution in [0.15, 0.2) is 21.5 Å². The number of sulfonamides is 1. The van der Waals surface area contributed by atoms with Crippen molar-refractivity contribution in [2.75, 3.05) is 0 Å². The lowest BCUT2D eigenvalue weighted by molar-refractivity contribution is 0.516. The molecule has 0 aliphatic heterocycles. The van der Waals surface area contributed by atoms with Gasteiger partial charge < -0.3 is 5.73 Å². The van der Waals surface area contributed by atoms with Crippen LogP contribution in [0.4, 0.5) is 4.39 Å². The molecule has 21 heavy (non-hydrogen) atoms. The highest BCUT2D eigenvalue weighted by molar-refractivity contribution is 9.10. The Morgan fingerprint density at radius 3 is 2.62 bits per heavy atom. The van der Waals surface area contributed by atoms with Crippen molar-refractivity contribution in [3.8, 4) is 0 Å². The third-order valence-electron chi connectivity index (χ3n) is 3.19. The standard InChI is InChI=1S/C14H22BrFN2O2S/c1-3-4-5-6-10(2)18-21(19,20)13-8-12(15)7-11(9-17)14(13)16/h7-8,10,18H,3-6,9,17H2,1-2H3. The van der Waals surface area contributed by atoms with Crippen molar-refractivity contribution in [3.63, 3.8) is 0 Å². The molecule has 1 rings (SSSR count). The van der Waals surface area contributed by atoms with Crippen LogP contribution < -0.4 is 10.5 Å². The van der Waals surface area contributed by atoms with E-state index in [1.807, 2.05) is 0 Å². The maximum absolute atomic E-state index is 14.2. The summed E-state index contributed by atoms with van der Waals surface area (Å²) >= 11 is 3.18. The molecule has 0 radical (unpaired) electrons. The molecule has 0 saturated carbocycles. The Bertz CT molecular complexity index is 579. The molecule has 1 unspecified atom stereocenters. The molecule has 0 aromatic heterocycles. The molecule has 1 aromatic rings. The van der Waals surface area contributed by atoms with Crippen LogP contribution in [0.2, 0.25) is 0 Å². The van der Waals surface area contributed by atoms with Gasteiger partial charge in [0.2, 0.25) is 10.0 Å². The maximum atomic E-state index is 14.2. The molecule has 120 valence electrons. The summed E-state index contributed by atoms with van der Waals surface area (Å²) in [4.78, 5) is -0.361. The quantitative estimate of drug-likeness (QED) is 0.679. The molecule has 0 saturated heterocycles. The summed E-state index contributed by atoms with van der Waals surface area (Å²) < 4.78 is 41.8. The molecule has 0 aliphatic carbocycles. The molecule has 7 heteroatoms. The Morgan fingerprint density at radius 1 is 1.38 bits per heavy atom. The van der Waals surface area contributed by atoms with E-state index in [0.717, 1.165) is 25.7 Å². The summed E-state index contributed by atoms with van der Waals surface area (Å²) in [6, 6.07) is 2.51. The Labute approximate surface area is 134 Å². The third-order valence-corrected chi connectivity index (χ3v) is 5.23. The summed E-state index contributed by atoms with van der Waals surface area (Å²) in [6.07, 6.45) is 3.79. The number of nitrogens with two attached hydrogens (primary N) is 1. The normalized spacial score (nSPS) is 13.4. The molecule has 1 atom stereocenters. The first-order valence-electron chi connectivity index (χ1n) is 7.02. The summed E-state index contributed by atoms with van der Waals surface area (Å²) in [5.41, 5.74) is 5.61. The predicted octanol–water partition coefficient (Wildman–Crippen LogP) is 3.29. The highest BCUT2D eigenvalue weighted by atomic mass is 79.9. The molecule has 3 N–H and O–H groups in total. The SMILES string of the molecule is CCCCCC(C)NS(=O)(=O)c1cc(Br)cc(CN)c1F. The smallest absolute Gasteiger partial charge is 0.243 e. The molecule has 0 fully saturated rings. The summed E-state index contributed by atoms with van der Waals surface area (Å²) in [6.45, 7) is 3.81. The van der Waals surface area contributed by atoms with Crippen LogP contribution in [-0.4, -0.2) is 14.5 Å². The van der Waals surface area contributed by atoms with Gasteiger partial charge in [-0.3, -0.25) is 0 Å². The number of benzene rings is 1. The van der Waals surface area contributed by atoms with Gasteiger partial charge in [-0.25, -0.2) is 17.5 Å². The van der Waals surface area contributed by atoms with Gasteiger partial charge in [-0.15, -0.1) is 0 Å². The van der Waals surface area contributed by atoms with Crippen molar-refractivity contribution in [1.82, 2.24) is 4.72 Å². The van der Waals surface area contributed by atoms with Gasteiger partial charge in [0.05, 0.1) is 0 Å². The van der Waals surface area contributed by atoms with E-state index in [9.17, 15) is 12.8 Å². The van der Waals surface area contributed by atoms with Gasteiger partial charge in [0.25, 0.3) is 0 Å². The zero-order valence-electron chi connectivity index (χ0n) is 12.3. The van der Waals surface area contributed by atoms with Crippen LogP contribution in [0.3, 0.4) is 0 Å². The zero-order chi connectivity index (χ0) is 16.0. The molecule has 0 spiro atoms. The van der Waals surface area contributed by atoms with Gasteiger partial charge in [-0.1, -0.05) is 42.1 Å². The third kappa shape index (κ3) is 5.32. The molecule has 0 amide bonds. The zero-order valence-corrected chi connectivity index (χ0v) is 14.7. The van der Waals surface area contributed by atoms with Crippen molar-refractivity contribution >= 4 is 26.0 Å². The van der Waals surface area contributed by atoms with Crippen molar-refractivity contribution in [3.05, 3.63) is 28.0 Å². The minimum Gasteiger partial charge on any atom is -0.326 e. The summed E-state index contributed by atoms with van der Waals surface area (Å²) in [7, 11) is -3.89. The Balaban J connectivity index is 2.95. The lowest BCUT2D eigenvalue weighted by atomic mass is 10.1. The summed E-state index contributed by atoms with van der Waals surface area (Å²) in [5.74, 6) is -0.783. The molecule has 0 aliphatic rings. The average Bonchev–Trinajstić information content (AvgIpc) is 2.40. The van der Waals surface area contributed by atoms with E-state index in [1.54, 1.807) is 6.92 Å². The van der Waals surface area contributed by atoms with Crippen LogP contribution in [-0.2, 0) is 16.6 Å². The highest BCUT2D eigenvalue weighted by Crippen LogP contribution is 2.24. The summed E-state index contributed by atoms with van der Waals surface area (Å²) in [5, 5.41) is 0. The van der Waals surface area contributed by atoms with E-state index < -0.39 is 15.8 Å². The number of nitrogens with one attached hydrogen (secondary N) is 1. The Kier molecular flexibility index (Phi) is 7.26. The van der Waals surface area contributed by atoms with Gasteiger partial charge in [0.1, 0.15) is 10.7 Å². The van der Waals surface area contributed by atoms with Gasteiger partial charge in [0.15, 0.2) is 0 Å². The Morgan fingerprint density at radius 2 is 2.05 bits per heavy atom.